The minimum atomic E-state index is -3.84. The zero-order valence-electron chi connectivity index (χ0n) is 21.5. The first-order valence-electron chi connectivity index (χ1n) is 13.3. The highest BCUT2D eigenvalue weighted by Gasteiger charge is 2.44. The molecule has 1 saturated heterocycles. The first kappa shape index (κ1) is 27.5. The van der Waals surface area contributed by atoms with Crippen molar-refractivity contribution in [1.82, 2.24) is 9.78 Å². The molecule has 1 aromatic heterocycles. The first-order valence-corrected chi connectivity index (χ1v) is 14.9. The average Bonchev–Trinajstić information content (AvgIpc) is 3.64. The quantitative estimate of drug-likeness (QED) is 0.447. The average molecular weight is 566 g/mol. The Labute approximate surface area is 225 Å². The van der Waals surface area contributed by atoms with Gasteiger partial charge in [-0.1, -0.05) is 0 Å². The van der Waals surface area contributed by atoms with Gasteiger partial charge in [-0.05, 0) is 62.1 Å². The van der Waals surface area contributed by atoms with Crippen molar-refractivity contribution in [3.05, 3.63) is 46.4 Å². The molecule has 1 aliphatic heterocycles. The van der Waals surface area contributed by atoms with E-state index in [1.54, 1.807) is 12.1 Å². The molecule has 10 nitrogen and oxygen atoms in total. The molecular weight excluding hydrogens is 532 g/mol. The Hall–Kier alpha value is -3.06. The van der Waals surface area contributed by atoms with Crippen molar-refractivity contribution in [3.8, 4) is 0 Å². The van der Waals surface area contributed by atoms with Crippen molar-refractivity contribution >= 4 is 33.0 Å². The molecule has 2 saturated carbocycles. The fourth-order valence-corrected chi connectivity index (χ4v) is 6.27. The highest BCUT2D eigenvalue weighted by atomic mass is 32.2. The molecule has 2 aliphatic carbocycles. The number of aromatic nitrogens is 2. The van der Waals surface area contributed by atoms with Gasteiger partial charge >= 0.3 is 0 Å². The van der Waals surface area contributed by atoms with Gasteiger partial charge < -0.3 is 15.3 Å². The van der Waals surface area contributed by atoms with Gasteiger partial charge in [0.05, 0.1) is 36.5 Å². The molecule has 39 heavy (non-hydrogen) atoms. The summed E-state index contributed by atoms with van der Waals surface area (Å²) < 4.78 is 55.7. The maximum absolute atomic E-state index is 13.6. The second kappa shape index (κ2) is 10.5. The number of halogens is 2. The van der Waals surface area contributed by atoms with E-state index in [1.165, 1.54) is 29.8 Å². The number of amides is 1. The van der Waals surface area contributed by atoms with Crippen LogP contribution in [0.25, 0.3) is 0 Å². The van der Waals surface area contributed by atoms with E-state index in [0.717, 1.165) is 32.1 Å². The Bertz CT molecular complexity index is 1390. The Morgan fingerprint density at radius 3 is 2.41 bits per heavy atom. The van der Waals surface area contributed by atoms with Gasteiger partial charge in [0.25, 0.3) is 5.91 Å². The van der Waals surface area contributed by atoms with Gasteiger partial charge in [-0.3, -0.25) is 19.0 Å². The molecule has 3 N–H and O–H groups in total. The summed E-state index contributed by atoms with van der Waals surface area (Å²) in [7, 11) is -3.84. The van der Waals surface area contributed by atoms with Crippen LogP contribution in [-0.4, -0.2) is 60.6 Å². The monoisotopic (exact) mass is 565 g/mol. The Balaban J connectivity index is 1.39. The molecular formula is C26H33F2N5O5S. The van der Waals surface area contributed by atoms with Crippen LogP contribution in [0, 0.1) is 5.41 Å². The Morgan fingerprint density at radius 1 is 1.08 bits per heavy atom. The smallest absolute Gasteiger partial charge is 0.255 e. The number of anilines is 3. The predicted octanol–water partition coefficient (Wildman–Crippen LogP) is 3.36. The second-order valence-electron chi connectivity index (χ2n) is 11.0. The van der Waals surface area contributed by atoms with Crippen LogP contribution in [0.1, 0.15) is 67.8 Å². The number of hydrogen-bond donors (Lipinski definition) is 3. The highest BCUT2D eigenvalue weighted by molar-refractivity contribution is 7.92. The fraction of sp³-hybridized carbons (Fsp3) is 0.577. The maximum Gasteiger partial charge on any atom is 0.255 e. The molecule has 0 unspecified atom stereocenters. The summed E-state index contributed by atoms with van der Waals surface area (Å²) >= 11 is 0. The summed E-state index contributed by atoms with van der Waals surface area (Å²) in [5.41, 5.74) is 0.830. The van der Waals surface area contributed by atoms with E-state index in [0.29, 0.717) is 11.1 Å². The molecule has 2 aromatic rings. The summed E-state index contributed by atoms with van der Waals surface area (Å²) in [6.07, 6.45) is 6.78. The van der Waals surface area contributed by atoms with Crippen LogP contribution in [-0.2, 0) is 10.0 Å². The van der Waals surface area contributed by atoms with Crippen molar-refractivity contribution in [1.29, 1.82) is 0 Å². The summed E-state index contributed by atoms with van der Waals surface area (Å²) in [6.45, 7) is 1.01. The van der Waals surface area contributed by atoms with Crippen molar-refractivity contribution in [2.75, 3.05) is 40.4 Å². The number of carbonyl (C=O) groups is 1. The van der Waals surface area contributed by atoms with Crippen molar-refractivity contribution in [2.45, 2.75) is 63.3 Å². The van der Waals surface area contributed by atoms with Crippen molar-refractivity contribution in [3.63, 3.8) is 0 Å². The lowest BCUT2D eigenvalue weighted by atomic mass is 9.92. The van der Waals surface area contributed by atoms with Gasteiger partial charge in [-0.15, -0.1) is 0 Å². The first-order chi connectivity index (χ1) is 18.5. The van der Waals surface area contributed by atoms with E-state index < -0.39 is 39.6 Å². The van der Waals surface area contributed by atoms with E-state index in [-0.39, 0.29) is 48.7 Å². The zero-order chi connectivity index (χ0) is 27.8. The molecule has 0 bridgehead atoms. The second-order valence-corrected chi connectivity index (χ2v) is 12.8. The lowest BCUT2D eigenvalue weighted by Crippen LogP contribution is -2.34. The summed E-state index contributed by atoms with van der Waals surface area (Å²) in [4.78, 5) is 27.9. The van der Waals surface area contributed by atoms with Gasteiger partial charge in [-0.25, -0.2) is 17.2 Å². The van der Waals surface area contributed by atoms with Crippen LogP contribution in [0.5, 0.6) is 0 Å². The molecule has 5 rings (SSSR count). The minimum absolute atomic E-state index is 0.0474. The molecule has 3 aliphatic rings. The molecule has 3 fully saturated rings. The van der Waals surface area contributed by atoms with Crippen LogP contribution in [0.15, 0.2) is 35.4 Å². The molecule has 1 aromatic carbocycles. The van der Waals surface area contributed by atoms with E-state index in [4.69, 9.17) is 5.11 Å². The normalized spacial score (nSPS) is 20.5. The van der Waals surface area contributed by atoms with E-state index in [9.17, 15) is 26.8 Å². The Morgan fingerprint density at radius 2 is 1.77 bits per heavy atom. The van der Waals surface area contributed by atoms with Gasteiger partial charge in [0.2, 0.25) is 21.4 Å². The number of hydrogen-bond acceptors (Lipinski definition) is 7. The number of sulfonamides is 1. The molecule has 1 amide bonds. The van der Waals surface area contributed by atoms with Crippen LogP contribution in [0.3, 0.4) is 0 Å². The maximum atomic E-state index is 13.6. The van der Waals surface area contributed by atoms with Gasteiger partial charge in [0.1, 0.15) is 5.69 Å². The number of benzene rings is 1. The summed E-state index contributed by atoms with van der Waals surface area (Å²) in [6, 6.07) is 4.39. The lowest BCUT2D eigenvalue weighted by molar-refractivity contribution is -0.0451. The highest BCUT2D eigenvalue weighted by Crippen LogP contribution is 2.54. The number of carbonyl (C=O) groups excluding carboxylic acids is 1. The van der Waals surface area contributed by atoms with Crippen molar-refractivity contribution < 1.29 is 27.1 Å². The Kier molecular flexibility index (Phi) is 7.40. The summed E-state index contributed by atoms with van der Waals surface area (Å²) in [5.74, 6) is -3.82. The van der Waals surface area contributed by atoms with Crippen LogP contribution >= 0.6 is 0 Å². The van der Waals surface area contributed by atoms with Crippen LogP contribution < -0.4 is 20.4 Å². The topological polar surface area (TPSA) is 134 Å². The molecule has 0 radical (unpaired) electrons. The lowest BCUT2D eigenvalue weighted by Gasteiger charge is -2.34. The van der Waals surface area contributed by atoms with Crippen molar-refractivity contribution in [2.24, 2.45) is 5.41 Å². The van der Waals surface area contributed by atoms with E-state index >= 15 is 0 Å². The number of piperidine rings is 1. The third-order valence-corrected chi connectivity index (χ3v) is 9.37. The summed E-state index contributed by atoms with van der Waals surface area (Å²) in [5, 5.41) is 15.8. The van der Waals surface area contributed by atoms with E-state index in [2.05, 4.69) is 20.0 Å². The standard InChI is InChI=1S/C26H33F2N5O5S/c27-26(28)3-1-20(2-4-26)33-17-22(23(35)16-29-33)30-24(36)18-13-19(31-39(37,38)12-11-34)15-21(14-18)32-9-7-25(5-6-25)8-10-32/h13-17,20,31,34H,1-12H2,(H,30,36). The van der Waals surface area contributed by atoms with Crippen LogP contribution in [0.2, 0.25) is 0 Å². The number of nitrogens with one attached hydrogen (secondary N) is 2. The SMILES string of the molecule is O=C(Nc1cn(C2CCC(F)(F)CC2)ncc1=O)c1cc(NS(=O)(=O)CCO)cc(N2CCC3(CC2)CC3)c1. The number of aliphatic hydroxyl groups excluding tert-OH is 1. The largest absolute Gasteiger partial charge is 0.395 e. The number of nitrogens with zero attached hydrogens (tertiary/aromatic N) is 3. The number of alkyl halides is 2. The number of rotatable bonds is 8. The molecule has 13 heteroatoms. The third-order valence-electron chi connectivity index (χ3n) is 8.10. The molecule has 0 atom stereocenters. The molecule has 212 valence electrons. The van der Waals surface area contributed by atoms with Gasteiger partial charge in [0, 0.05) is 37.2 Å². The molecule has 1 spiro atoms. The van der Waals surface area contributed by atoms with Gasteiger partial charge in [0.15, 0.2) is 0 Å². The number of aliphatic hydroxyl groups is 1. The predicted molar refractivity (Wildman–Crippen MR) is 143 cm³/mol. The van der Waals surface area contributed by atoms with Gasteiger partial charge in [-0.2, -0.15) is 5.10 Å². The molecule has 2 heterocycles. The van der Waals surface area contributed by atoms with Crippen LogP contribution in [0.4, 0.5) is 25.8 Å². The third kappa shape index (κ3) is 6.57. The van der Waals surface area contributed by atoms with E-state index in [1.807, 2.05) is 0 Å². The zero-order valence-corrected chi connectivity index (χ0v) is 22.4. The minimum Gasteiger partial charge on any atom is -0.395 e. The fourth-order valence-electron chi connectivity index (χ4n) is 5.45.